The number of rotatable bonds is 5. The van der Waals surface area contributed by atoms with Crippen molar-refractivity contribution >= 4 is 17.7 Å². The first-order chi connectivity index (χ1) is 9.58. The highest BCUT2D eigenvalue weighted by Crippen LogP contribution is 2.27. The minimum absolute atomic E-state index is 0.0344. The van der Waals surface area contributed by atoms with Crippen LogP contribution in [-0.2, 0) is 0 Å². The average molecular weight is 293 g/mol. The van der Waals surface area contributed by atoms with Crippen LogP contribution in [-0.4, -0.2) is 28.9 Å². The minimum Gasteiger partial charge on any atom is -0.393 e. The maximum atomic E-state index is 12.3. The maximum Gasteiger partial charge on any atom is 0.252 e. The van der Waals surface area contributed by atoms with Gasteiger partial charge in [0.25, 0.3) is 5.91 Å². The summed E-state index contributed by atoms with van der Waals surface area (Å²) in [6, 6.07) is 7.71. The van der Waals surface area contributed by atoms with Gasteiger partial charge in [-0.3, -0.25) is 4.79 Å². The molecule has 1 aromatic rings. The molecule has 0 heterocycles. The zero-order chi connectivity index (χ0) is 14.5. The number of benzene rings is 1. The van der Waals surface area contributed by atoms with Gasteiger partial charge in [-0.05, 0) is 25.0 Å². The molecule has 0 aliphatic heterocycles. The monoisotopic (exact) mass is 293 g/mol. The molecule has 0 spiro atoms. The number of aliphatic hydroxyl groups excluding tert-OH is 1. The van der Waals surface area contributed by atoms with Crippen molar-refractivity contribution < 1.29 is 9.90 Å². The van der Waals surface area contributed by atoms with Gasteiger partial charge < -0.3 is 10.4 Å². The second-order valence-corrected chi connectivity index (χ2v) is 7.25. The summed E-state index contributed by atoms with van der Waals surface area (Å²) in [7, 11) is 0. The van der Waals surface area contributed by atoms with Crippen molar-refractivity contribution in [1.29, 1.82) is 0 Å². The van der Waals surface area contributed by atoms with Gasteiger partial charge in [-0.25, -0.2) is 0 Å². The Morgan fingerprint density at radius 2 is 2.15 bits per heavy atom. The molecule has 2 N–H and O–H groups in total. The van der Waals surface area contributed by atoms with E-state index in [1.165, 1.54) is 0 Å². The highest BCUT2D eigenvalue weighted by Gasteiger charge is 2.25. The van der Waals surface area contributed by atoms with Crippen LogP contribution >= 0.6 is 11.8 Å². The molecular weight excluding hydrogens is 270 g/mol. The van der Waals surface area contributed by atoms with Gasteiger partial charge in [-0.15, -0.1) is 11.8 Å². The van der Waals surface area contributed by atoms with Crippen LogP contribution in [0.1, 0.15) is 43.5 Å². The van der Waals surface area contributed by atoms with Crippen LogP contribution in [0.4, 0.5) is 0 Å². The predicted octanol–water partition coefficient (Wildman–Crippen LogP) is 3.08. The molecule has 3 nitrogen and oxygen atoms in total. The SMILES string of the molecule is CC(C)Sc1ccccc1C(=O)NCC1CCCC1O. The van der Waals surface area contributed by atoms with E-state index in [2.05, 4.69) is 19.2 Å². The number of carbonyl (C=O) groups is 1. The van der Waals surface area contributed by atoms with Crippen LogP contribution in [0.5, 0.6) is 0 Å². The summed E-state index contributed by atoms with van der Waals surface area (Å²) >= 11 is 1.70. The summed E-state index contributed by atoms with van der Waals surface area (Å²) in [6.07, 6.45) is 2.67. The summed E-state index contributed by atoms with van der Waals surface area (Å²) in [5.74, 6) is 0.178. The Labute approximate surface area is 125 Å². The first-order valence-electron chi connectivity index (χ1n) is 7.30. The zero-order valence-corrected chi connectivity index (χ0v) is 13.0. The molecule has 0 bridgehead atoms. The molecule has 2 rings (SSSR count). The van der Waals surface area contributed by atoms with Gasteiger partial charge in [0.1, 0.15) is 0 Å². The molecule has 0 radical (unpaired) electrons. The molecule has 0 aromatic heterocycles. The van der Waals surface area contributed by atoms with Crippen LogP contribution in [0, 0.1) is 5.92 Å². The van der Waals surface area contributed by atoms with Gasteiger partial charge in [-0.1, -0.05) is 32.4 Å². The van der Waals surface area contributed by atoms with Crippen molar-refractivity contribution in [3.63, 3.8) is 0 Å². The number of hydrogen-bond donors (Lipinski definition) is 2. The van der Waals surface area contributed by atoms with E-state index in [4.69, 9.17) is 0 Å². The van der Waals surface area contributed by atoms with E-state index in [1.54, 1.807) is 11.8 Å². The van der Waals surface area contributed by atoms with E-state index in [0.29, 0.717) is 11.8 Å². The lowest BCUT2D eigenvalue weighted by Crippen LogP contribution is -2.32. The number of thioether (sulfide) groups is 1. The third-order valence-electron chi connectivity index (χ3n) is 3.64. The quantitative estimate of drug-likeness (QED) is 0.820. The summed E-state index contributed by atoms with van der Waals surface area (Å²) in [5.41, 5.74) is 0.735. The Balaban J connectivity index is 1.98. The van der Waals surface area contributed by atoms with E-state index < -0.39 is 0 Å². The molecule has 1 saturated carbocycles. The molecule has 2 unspecified atom stereocenters. The predicted molar refractivity (Wildman–Crippen MR) is 83.1 cm³/mol. The van der Waals surface area contributed by atoms with Gasteiger partial charge >= 0.3 is 0 Å². The first-order valence-corrected chi connectivity index (χ1v) is 8.18. The van der Waals surface area contributed by atoms with Crippen LogP contribution in [0.15, 0.2) is 29.2 Å². The standard InChI is InChI=1S/C16H23NO2S/c1-11(2)20-15-9-4-3-7-13(15)16(19)17-10-12-6-5-8-14(12)18/h3-4,7,9,11-12,14,18H,5-6,8,10H2,1-2H3,(H,17,19). The lowest BCUT2D eigenvalue weighted by molar-refractivity contribution is 0.0914. The minimum atomic E-state index is -0.254. The van der Waals surface area contributed by atoms with Crippen molar-refractivity contribution in [2.75, 3.05) is 6.54 Å². The van der Waals surface area contributed by atoms with E-state index >= 15 is 0 Å². The smallest absolute Gasteiger partial charge is 0.252 e. The molecule has 1 aliphatic rings. The Morgan fingerprint density at radius 1 is 1.40 bits per heavy atom. The van der Waals surface area contributed by atoms with Gasteiger partial charge in [0.15, 0.2) is 0 Å². The fourth-order valence-corrected chi connectivity index (χ4v) is 3.54. The Morgan fingerprint density at radius 3 is 2.80 bits per heavy atom. The molecule has 1 aliphatic carbocycles. The van der Waals surface area contributed by atoms with Gasteiger partial charge in [0.05, 0.1) is 11.7 Å². The number of carbonyl (C=O) groups excluding carboxylic acids is 1. The summed E-state index contributed by atoms with van der Waals surface area (Å²) < 4.78 is 0. The summed E-state index contributed by atoms with van der Waals surface area (Å²) in [5, 5.41) is 13.2. The molecule has 110 valence electrons. The Kier molecular flexibility index (Phi) is 5.49. The number of hydrogen-bond acceptors (Lipinski definition) is 3. The van der Waals surface area contributed by atoms with Crippen LogP contribution in [0.3, 0.4) is 0 Å². The molecule has 2 atom stereocenters. The highest BCUT2D eigenvalue weighted by atomic mass is 32.2. The lowest BCUT2D eigenvalue weighted by Gasteiger charge is -2.16. The topological polar surface area (TPSA) is 49.3 Å². The molecule has 1 amide bonds. The Bertz CT molecular complexity index is 462. The molecule has 0 saturated heterocycles. The highest BCUT2D eigenvalue weighted by molar-refractivity contribution is 8.00. The van der Waals surface area contributed by atoms with E-state index in [1.807, 2.05) is 24.3 Å². The third-order valence-corrected chi connectivity index (χ3v) is 4.72. The largest absolute Gasteiger partial charge is 0.393 e. The van der Waals surface area contributed by atoms with Crippen molar-refractivity contribution in [3.8, 4) is 0 Å². The van der Waals surface area contributed by atoms with E-state index in [-0.39, 0.29) is 17.9 Å². The summed E-state index contributed by atoms with van der Waals surface area (Å²) in [4.78, 5) is 13.3. The van der Waals surface area contributed by atoms with Crippen LogP contribution in [0.2, 0.25) is 0 Å². The lowest BCUT2D eigenvalue weighted by atomic mass is 10.1. The van der Waals surface area contributed by atoms with E-state index in [9.17, 15) is 9.90 Å². The number of nitrogens with one attached hydrogen (secondary N) is 1. The number of aliphatic hydroxyl groups is 1. The molecular formula is C16H23NO2S. The van der Waals surface area contributed by atoms with Crippen molar-refractivity contribution in [1.82, 2.24) is 5.32 Å². The van der Waals surface area contributed by atoms with Crippen molar-refractivity contribution in [2.24, 2.45) is 5.92 Å². The fraction of sp³-hybridized carbons (Fsp3) is 0.562. The van der Waals surface area contributed by atoms with Crippen molar-refractivity contribution in [3.05, 3.63) is 29.8 Å². The Hall–Kier alpha value is -1.00. The normalized spacial score (nSPS) is 22.2. The van der Waals surface area contributed by atoms with Gasteiger partial charge in [0, 0.05) is 22.6 Å². The molecule has 1 fully saturated rings. The third kappa shape index (κ3) is 4.00. The van der Waals surface area contributed by atoms with Crippen LogP contribution in [0.25, 0.3) is 0 Å². The van der Waals surface area contributed by atoms with E-state index in [0.717, 1.165) is 29.7 Å². The van der Waals surface area contributed by atoms with Gasteiger partial charge in [0.2, 0.25) is 0 Å². The average Bonchev–Trinajstić information content (AvgIpc) is 2.81. The first kappa shape index (κ1) is 15.4. The molecule has 1 aromatic carbocycles. The maximum absolute atomic E-state index is 12.3. The van der Waals surface area contributed by atoms with Gasteiger partial charge in [-0.2, -0.15) is 0 Å². The second-order valence-electron chi connectivity index (χ2n) is 5.63. The molecule has 20 heavy (non-hydrogen) atoms. The van der Waals surface area contributed by atoms with Crippen molar-refractivity contribution in [2.45, 2.75) is 49.4 Å². The molecule has 4 heteroatoms. The second kappa shape index (κ2) is 7.14. The zero-order valence-electron chi connectivity index (χ0n) is 12.1. The fourth-order valence-electron chi connectivity index (χ4n) is 2.59. The van der Waals surface area contributed by atoms with Crippen LogP contribution < -0.4 is 5.32 Å². The summed E-state index contributed by atoms with van der Waals surface area (Å²) in [6.45, 7) is 4.81. The number of amides is 1.